The van der Waals surface area contributed by atoms with Gasteiger partial charge in [-0.1, -0.05) is 12.1 Å². The summed E-state index contributed by atoms with van der Waals surface area (Å²) in [7, 11) is 5.23. The van der Waals surface area contributed by atoms with Crippen LogP contribution in [0, 0.1) is 0 Å². The Morgan fingerprint density at radius 3 is 2.80 bits per heavy atom. The fourth-order valence-electron chi connectivity index (χ4n) is 3.52. The summed E-state index contributed by atoms with van der Waals surface area (Å²) in [5.41, 5.74) is 1.06. The lowest BCUT2D eigenvalue weighted by atomic mass is 10.1. The second-order valence-corrected chi connectivity index (χ2v) is 7.53. The van der Waals surface area contributed by atoms with E-state index in [1.807, 2.05) is 24.3 Å². The second-order valence-electron chi connectivity index (χ2n) is 7.53. The first-order valence-electron chi connectivity index (χ1n) is 10.2. The van der Waals surface area contributed by atoms with Crippen molar-refractivity contribution in [3.05, 3.63) is 29.8 Å². The summed E-state index contributed by atoms with van der Waals surface area (Å²) in [5.74, 6) is 1.46. The number of halogens is 1. The van der Waals surface area contributed by atoms with Crippen LogP contribution in [0.5, 0.6) is 5.75 Å². The summed E-state index contributed by atoms with van der Waals surface area (Å²) in [5, 5.41) is 3.43. The van der Waals surface area contributed by atoms with E-state index in [2.05, 4.69) is 15.2 Å². The highest BCUT2D eigenvalue weighted by molar-refractivity contribution is 14.0. The van der Waals surface area contributed by atoms with Crippen LogP contribution in [0.1, 0.15) is 18.4 Å². The second kappa shape index (κ2) is 12.3. The van der Waals surface area contributed by atoms with E-state index in [1.165, 1.54) is 4.90 Å². The monoisotopic (exact) mass is 532 g/mol. The van der Waals surface area contributed by atoms with Gasteiger partial charge >= 0.3 is 0 Å². The maximum absolute atomic E-state index is 11.7. The number of ether oxygens (including phenoxy) is 3. The normalized spacial score (nSPS) is 21.7. The molecule has 2 saturated heterocycles. The highest BCUT2D eigenvalue weighted by atomic mass is 127. The molecular weight excluding hydrogens is 499 g/mol. The number of aliphatic imine (C=N–C) groups is 1. The number of likely N-dealkylation sites (N-methyl/N-ethyl adjacent to an activating group) is 1. The molecule has 1 N–H and O–H groups in total. The Labute approximate surface area is 196 Å². The van der Waals surface area contributed by atoms with Gasteiger partial charge in [0.25, 0.3) is 5.91 Å². The molecule has 1 amide bonds. The zero-order valence-electron chi connectivity index (χ0n) is 18.0. The number of morpholine rings is 1. The number of nitrogens with zero attached hydrogens (tertiary/aromatic N) is 3. The summed E-state index contributed by atoms with van der Waals surface area (Å²) in [4.78, 5) is 19.9. The SMILES string of the molecule is CN=C(NCc1cccc(OCC(=O)N(C)C)c1)N1CCOC(C2CCCO2)C1.I. The maximum atomic E-state index is 11.7. The fraction of sp³-hybridized carbons (Fsp3) is 0.619. The lowest BCUT2D eigenvalue weighted by Crippen LogP contribution is -2.53. The van der Waals surface area contributed by atoms with Gasteiger partial charge in [-0.15, -0.1) is 24.0 Å². The number of amides is 1. The Hall–Kier alpha value is -1.59. The molecule has 2 heterocycles. The third-order valence-corrected chi connectivity index (χ3v) is 5.19. The largest absolute Gasteiger partial charge is 0.484 e. The first kappa shape index (κ1) is 24.7. The van der Waals surface area contributed by atoms with E-state index in [-0.39, 0.29) is 48.7 Å². The van der Waals surface area contributed by atoms with Crippen molar-refractivity contribution in [3.63, 3.8) is 0 Å². The van der Waals surface area contributed by atoms with Crippen LogP contribution in [0.4, 0.5) is 0 Å². The summed E-state index contributed by atoms with van der Waals surface area (Å²) in [6.45, 7) is 3.74. The van der Waals surface area contributed by atoms with Crippen LogP contribution in [0.15, 0.2) is 29.3 Å². The van der Waals surface area contributed by atoms with Crippen LogP contribution < -0.4 is 10.1 Å². The number of benzene rings is 1. The van der Waals surface area contributed by atoms with Crippen LogP contribution in [0.2, 0.25) is 0 Å². The molecule has 0 spiro atoms. The molecule has 2 aliphatic heterocycles. The predicted octanol–water partition coefficient (Wildman–Crippen LogP) is 1.73. The lowest BCUT2D eigenvalue weighted by Gasteiger charge is -2.37. The van der Waals surface area contributed by atoms with Crippen LogP contribution >= 0.6 is 24.0 Å². The highest BCUT2D eigenvalue weighted by Gasteiger charge is 2.32. The van der Waals surface area contributed by atoms with Crippen molar-refractivity contribution in [1.29, 1.82) is 0 Å². The topological polar surface area (TPSA) is 75.6 Å². The summed E-state index contributed by atoms with van der Waals surface area (Å²) in [6, 6.07) is 7.75. The van der Waals surface area contributed by atoms with Gasteiger partial charge in [-0.2, -0.15) is 0 Å². The number of guanidine groups is 1. The molecule has 2 aliphatic rings. The van der Waals surface area contributed by atoms with Crippen molar-refractivity contribution in [2.75, 3.05) is 54.1 Å². The molecule has 1 aromatic carbocycles. The number of hydrogen-bond donors (Lipinski definition) is 1. The number of carbonyl (C=O) groups excluding carboxylic acids is 1. The molecule has 0 aliphatic carbocycles. The van der Waals surface area contributed by atoms with Gasteiger partial charge in [0, 0.05) is 47.4 Å². The molecule has 168 valence electrons. The maximum Gasteiger partial charge on any atom is 0.259 e. The molecule has 30 heavy (non-hydrogen) atoms. The van der Waals surface area contributed by atoms with Crippen molar-refractivity contribution >= 4 is 35.8 Å². The smallest absolute Gasteiger partial charge is 0.259 e. The number of carbonyl (C=O) groups is 1. The van der Waals surface area contributed by atoms with Crippen molar-refractivity contribution in [2.45, 2.75) is 31.6 Å². The van der Waals surface area contributed by atoms with Crippen LogP contribution in [-0.2, 0) is 20.8 Å². The highest BCUT2D eigenvalue weighted by Crippen LogP contribution is 2.21. The number of hydrogen-bond acceptors (Lipinski definition) is 5. The molecule has 9 heteroatoms. The van der Waals surface area contributed by atoms with Gasteiger partial charge in [-0.25, -0.2) is 0 Å². The van der Waals surface area contributed by atoms with E-state index in [0.29, 0.717) is 18.9 Å². The molecule has 0 saturated carbocycles. The summed E-state index contributed by atoms with van der Waals surface area (Å²) in [6.07, 6.45) is 2.45. The van der Waals surface area contributed by atoms with Gasteiger partial charge in [0.05, 0.1) is 12.7 Å². The molecule has 0 radical (unpaired) electrons. The van der Waals surface area contributed by atoms with E-state index >= 15 is 0 Å². The Morgan fingerprint density at radius 2 is 2.10 bits per heavy atom. The molecule has 2 fully saturated rings. The Morgan fingerprint density at radius 1 is 1.30 bits per heavy atom. The summed E-state index contributed by atoms with van der Waals surface area (Å²) >= 11 is 0. The van der Waals surface area contributed by atoms with Gasteiger partial charge in [0.2, 0.25) is 0 Å². The predicted molar refractivity (Wildman–Crippen MR) is 127 cm³/mol. The van der Waals surface area contributed by atoms with Gasteiger partial charge < -0.3 is 29.3 Å². The minimum atomic E-state index is -0.0676. The first-order valence-corrected chi connectivity index (χ1v) is 10.2. The van der Waals surface area contributed by atoms with Crippen LogP contribution in [-0.4, -0.2) is 87.9 Å². The van der Waals surface area contributed by atoms with Crippen LogP contribution in [0.3, 0.4) is 0 Å². The zero-order chi connectivity index (χ0) is 20.6. The quantitative estimate of drug-likeness (QED) is 0.342. The van der Waals surface area contributed by atoms with E-state index in [4.69, 9.17) is 14.2 Å². The van der Waals surface area contributed by atoms with Gasteiger partial charge in [0.1, 0.15) is 11.9 Å². The molecule has 0 bridgehead atoms. The molecule has 0 aromatic heterocycles. The van der Waals surface area contributed by atoms with Crippen molar-refractivity contribution < 1.29 is 19.0 Å². The Balaban J connectivity index is 0.00000320. The molecular formula is C21H33IN4O4. The fourth-order valence-corrected chi connectivity index (χ4v) is 3.52. The minimum Gasteiger partial charge on any atom is -0.484 e. The van der Waals surface area contributed by atoms with Crippen molar-refractivity contribution in [1.82, 2.24) is 15.1 Å². The number of nitrogens with one attached hydrogen (secondary N) is 1. The molecule has 1 aromatic rings. The van der Waals surface area contributed by atoms with Crippen molar-refractivity contribution in [3.8, 4) is 5.75 Å². The standard InChI is InChI=1S/C21H32N4O4.HI/c1-22-21(25-9-11-28-19(14-25)18-8-5-10-27-18)23-13-16-6-4-7-17(12-16)29-15-20(26)24(2)3;/h4,6-7,12,18-19H,5,8-11,13-15H2,1-3H3,(H,22,23);1H. The van der Waals surface area contributed by atoms with E-state index in [1.54, 1.807) is 21.1 Å². The average molecular weight is 532 g/mol. The first-order chi connectivity index (χ1) is 14.1. The molecule has 2 atom stereocenters. The van der Waals surface area contributed by atoms with Gasteiger partial charge in [-0.3, -0.25) is 9.79 Å². The van der Waals surface area contributed by atoms with E-state index < -0.39 is 0 Å². The average Bonchev–Trinajstić information content (AvgIpc) is 3.28. The Bertz CT molecular complexity index is 710. The molecule has 3 rings (SSSR count). The third kappa shape index (κ3) is 6.98. The molecule has 2 unspecified atom stereocenters. The molecule has 8 nitrogen and oxygen atoms in total. The minimum absolute atomic E-state index is 0. The van der Waals surface area contributed by atoms with Crippen molar-refractivity contribution in [2.24, 2.45) is 4.99 Å². The van der Waals surface area contributed by atoms with Gasteiger partial charge in [-0.05, 0) is 30.5 Å². The third-order valence-electron chi connectivity index (χ3n) is 5.19. The van der Waals surface area contributed by atoms with Crippen LogP contribution in [0.25, 0.3) is 0 Å². The Kier molecular flexibility index (Phi) is 10.1. The van der Waals surface area contributed by atoms with E-state index in [0.717, 1.165) is 44.1 Å². The zero-order valence-corrected chi connectivity index (χ0v) is 20.3. The lowest BCUT2D eigenvalue weighted by molar-refractivity contribution is -0.130. The number of rotatable bonds is 6. The van der Waals surface area contributed by atoms with Gasteiger partial charge in [0.15, 0.2) is 12.6 Å². The summed E-state index contributed by atoms with van der Waals surface area (Å²) < 4.78 is 17.3. The van der Waals surface area contributed by atoms with E-state index in [9.17, 15) is 4.79 Å².